The molecule has 1 aliphatic carbocycles. The Kier molecular flexibility index (Phi) is 7.57. The van der Waals surface area contributed by atoms with Gasteiger partial charge in [0.25, 0.3) is 5.91 Å². The Hall–Kier alpha value is -2.04. The molecule has 5 nitrogen and oxygen atoms in total. The number of benzene rings is 1. The van der Waals surface area contributed by atoms with Gasteiger partial charge in [0.05, 0.1) is 5.56 Å². The first-order valence-corrected chi connectivity index (χ1v) is 11.5. The monoisotopic (exact) mass is 399 g/mol. The molecule has 2 aliphatic rings. The lowest BCUT2D eigenvalue weighted by Crippen LogP contribution is -2.47. The van der Waals surface area contributed by atoms with E-state index in [9.17, 15) is 9.59 Å². The van der Waals surface area contributed by atoms with Crippen LogP contribution in [0.4, 0.5) is 5.69 Å². The van der Waals surface area contributed by atoms with Crippen molar-refractivity contribution in [1.82, 2.24) is 10.2 Å². The van der Waals surface area contributed by atoms with Crippen molar-refractivity contribution >= 4 is 17.5 Å². The van der Waals surface area contributed by atoms with Crippen LogP contribution in [0.1, 0.15) is 76.1 Å². The van der Waals surface area contributed by atoms with Crippen molar-refractivity contribution < 1.29 is 9.59 Å². The number of carbonyl (C=O) groups excluding carboxylic acids is 2. The van der Waals surface area contributed by atoms with E-state index in [0.29, 0.717) is 6.54 Å². The van der Waals surface area contributed by atoms with Crippen molar-refractivity contribution in [3.63, 3.8) is 0 Å². The van der Waals surface area contributed by atoms with E-state index in [2.05, 4.69) is 30.1 Å². The highest BCUT2D eigenvalue weighted by molar-refractivity contribution is 6.00. The van der Waals surface area contributed by atoms with Gasteiger partial charge in [0.15, 0.2) is 0 Å². The molecule has 29 heavy (non-hydrogen) atoms. The van der Waals surface area contributed by atoms with Gasteiger partial charge in [-0.25, -0.2) is 0 Å². The Bertz CT molecular complexity index is 689. The fourth-order valence-electron chi connectivity index (χ4n) is 4.78. The third-order valence-electron chi connectivity index (χ3n) is 6.52. The standard InChI is InChI=1S/C24H37N3O2/c1-4-27(18(2)3)24(29)21-12-8-9-13-22(21)26-16-14-20(15-17-26)25-23(28)19-10-6-5-7-11-19/h8-9,12-13,18-20H,4-7,10-11,14-17H2,1-3H3,(H,25,28). The molecule has 0 spiro atoms. The molecule has 2 fully saturated rings. The van der Waals surface area contributed by atoms with Crippen LogP contribution in [0.15, 0.2) is 24.3 Å². The summed E-state index contributed by atoms with van der Waals surface area (Å²) in [6, 6.07) is 8.39. The number of rotatable bonds is 6. The lowest BCUT2D eigenvalue weighted by molar-refractivity contribution is -0.126. The highest BCUT2D eigenvalue weighted by Gasteiger charge is 2.28. The van der Waals surface area contributed by atoms with E-state index < -0.39 is 0 Å². The summed E-state index contributed by atoms with van der Waals surface area (Å²) in [5.74, 6) is 0.580. The van der Waals surface area contributed by atoms with E-state index in [1.165, 1.54) is 19.3 Å². The zero-order valence-electron chi connectivity index (χ0n) is 18.3. The second-order valence-corrected chi connectivity index (χ2v) is 8.81. The van der Waals surface area contributed by atoms with E-state index in [4.69, 9.17) is 0 Å². The van der Waals surface area contributed by atoms with Gasteiger partial charge in [-0.1, -0.05) is 31.4 Å². The molecular weight excluding hydrogens is 362 g/mol. The highest BCUT2D eigenvalue weighted by Crippen LogP contribution is 2.27. The molecule has 1 N–H and O–H groups in total. The average molecular weight is 400 g/mol. The van der Waals surface area contributed by atoms with Gasteiger partial charge in [0.2, 0.25) is 5.91 Å². The minimum absolute atomic E-state index is 0.103. The molecule has 2 amide bonds. The van der Waals surface area contributed by atoms with Gasteiger partial charge in [-0.3, -0.25) is 9.59 Å². The number of carbonyl (C=O) groups is 2. The molecule has 0 atom stereocenters. The number of anilines is 1. The van der Waals surface area contributed by atoms with Crippen LogP contribution in [0.5, 0.6) is 0 Å². The van der Waals surface area contributed by atoms with Gasteiger partial charge < -0.3 is 15.1 Å². The molecule has 0 bridgehead atoms. The summed E-state index contributed by atoms with van der Waals surface area (Å²) >= 11 is 0. The van der Waals surface area contributed by atoms with E-state index in [1.54, 1.807) is 0 Å². The summed E-state index contributed by atoms with van der Waals surface area (Å²) < 4.78 is 0. The quantitative estimate of drug-likeness (QED) is 0.779. The van der Waals surface area contributed by atoms with E-state index >= 15 is 0 Å². The smallest absolute Gasteiger partial charge is 0.256 e. The zero-order chi connectivity index (χ0) is 20.8. The Morgan fingerprint density at radius 2 is 1.72 bits per heavy atom. The molecule has 1 saturated heterocycles. The number of nitrogens with zero attached hydrogens (tertiary/aromatic N) is 2. The fraction of sp³-hybridized carbons (Fsp3) is 0.667. The maximum Gasteiger partial charge on any atom is 0.256 e. The molecule has 5 heteroatoms. The van der Waals surface area contributed by atoms with Gasteiger partial charge in [0.1, 0.15) is 0 Å². The highest BCUT2D eigenvalue weighted by atomic mass is 16.2. The Morgan fingerprint density at radius 3 is 2.34 bits per heavy atom. The summed E-state index contributed by atoms with van der Waals surface area (Å²) in [6.45, 7) is 8.59. The number of amides is 2. The third kappa shape index (κ3) is 5.31. The zero-order valence-corrected chi connectivity index (χ0v) is 18.3. The number of piperidine rings is 1. The predicted molar refractivity (Wildman–Crippen MR) is 118 cm³/mol. The molecule has 1 aromatic rings. The maximum atomic E-state index is 13.1. The minimum Gasteiger partial charge on any atom is -0.371 e. The van der Waals surface area contributed by atoms with Crippen LogP contribution in [-0.2, 0) is 4.79 Å². The van der Waals surface area contributed by atoms with Crippen molar-refractivity contribution in [2.24, 2.45) is 5.92 Å². The summed E-state index contributed by atoms with van der Waals surface area (Å²) in [6.07, 6.45) is 7.60. The summed E-state index contributed by atoms with van der Waals surface area (Å²) in [7, 11) is 0. The first-order chi connectivity index (χ1) is 14.0. The van der Waals surface area contributed by atoms with Gasteiger partial charge in [-0.15, -0.1) is 0 Å². The maximum absolute atomic E-state index is 13.1. The molecular formula is C24H37N3O2. The molecule has 160 valence electrons. The summed E-state index contributed by atoms with van der Waals surface area (Å²) in [4.78, 5) is 29.9. The van der Waals surface area contributed by atoms with Crippen molar-refractivity contribution in [2.45, 2.75) is 77.8 Å². The average Bonchev–Trinajstić information content (AvgIpc) is 2.75. The third-order valence-corrected chi connectivity index (χ3v) is 6.52. The molecule has 1 aliphatic heterocycles. The van der Waals surface area contributed by atoms with Gasteiger partial charge >= 0.3 is 0 Å². The van der Waals surface area contributed by atoms with Crippen LogP contribution >= 0.6 is 0 Å². The van der Waals surface area contributed by atoms with Crippen LogP contribution in [0, 0.1) is 5.92 Å². The minimum atomic E-state index is 0.103. The lowest BCUT2D eigenvalue weighted by atomic mass is 9.88. The summed E-state index contributed by atoms with van der Waals surface area (Å²) in [5, 5.41) is 3.30. The first-order valence-electron chi connectivity index (χ1n) is 11.5. The second-order valence-electron chi connectivity index (χ2n) is 8.81. The van der Waals surface area contributed by atoms with E-state index in [0.717, 1.165) is 50.0 Å². The summed E-state index contributed by atoms with van der Waals surface area (Å²) in [5.41, 5.74) is 1.81. The van der Waals surface area contributed by atoms with Gasteiger partial charge in [-0.05, 0) is 58.6 Å². The number of nitrogens with one attached hydrogen (secondary N) is 1. The van der Waals surface area contributed by atoms with E-state index in [-0.39, 0.29) is 29.8 Å². The SMILES string of the molecule is CCN(C(=O)c1ccccc1N1CCC(NC(=O)C2CCCCC2)CC1)C(C)C. The van der Waals surface area contributed by atoms with Gasteiger partial charge in [0, 0.05) is 43.3 Å². The molecule has 1 saturated carbocycles. The van der Waals surface area contributed by atoms with Crippen molar-refractivity contribution in [1.29, 1.82) is 0 Å². The second kappa shape index (κ2) is 10.1. The number of para-hydroxylation sites is 1. The normalized spacial score (nSPS) is 18.7. The van der Waals surface area contributed by atoms with Crippen LogP contribution in [0.2, 0.25) is 0 Å². The molecule has 1 heterocycles. The molecule has 3 rings (SSSR count). The van der Waals surface area contributed by atoms with Gasteiger partial charge in [-0.2, -0.15) is 0 Å². The Labute approximate surface area is 175 Å². The van der Waals surface area contributed by atoms with Crippen molar-refractivity contribution in [3.8, 4) is 0 Å². The van der Waals surface area contributed by atoms with Crippen LogP contribution in [0.25, 0.3) is 0 Å². The van der Waals surface area contributed by atoms with Crippen molar-refractivity contribution in [3.05, 3.63) is 29.8 Å². The van der Waals surface area contributed by atoms with Crippen LogP contribution in [0.3, 0.4) is 0 Å². The number of hydrogen-bond donors (Lipinski definition) is 1. The first kappa shape index (κ1) is 21.7. The molecule has 0 unspecified atom stereocenters. The Morgan fingerprint density at radius 1 is 1.07 bits per heavy atom. The predicted octanol–water partition coefficient (Wildman–Crippen LogP) is 4.22. The van der Waals surface area contributed by atoms with Crippen molar-refractivity contribution in [2.75, 3.05) is 24.5 Å². The molecule has 0 aromatic heterocycles. The number of hydrogen-bond acceptors (Lipinski definition) is 3. The topological polar surface area (TPSA) is 52.7 Å². The van der Waals surface area contributed by atoms with Crippen LogP contribution in [-0.4, -0.2) is 48.4 Å². The van der Waals surface area contributed by atoms with E-state index in [1.807, 2.05) is 30.0 Å². The fourth-order valence-corrected chi connectivity index (χ4v) is 4.78. The van der Waals surface area contributed by atoms with Crippen LogP contribution < -0.4 is 10.2 Å². The Balaban J connectivity index is 1.61. The molecule has 0 radical (unpaired) electrons. The largest absolute Gasteiger partial charge is 0.371 e. The molecule has 1 aromatic carbocycles. The lowest BCUT2D eigenvalue weighted by Gasteiger charge is -2.36.